The minimum Gasteiger partial charge on any atom is -0.332 e. The average Bonchev–Trinajstić information content (AvgIpc) is 2.89. The molecule has 0 aliphatic carbocycles. The third-order valence-electron chi connectivity index (χ3n) is 4.75. The summed E-state index contributed by atoms with van der Waals surface area (Å²) < 4.78 is 0. The van der Waals surface area contributed by atoms with Crippen molar-refractivity contribution in [1.82, 2.24) is 19.8 Å². The Morgan fingerprint density at radius 3 is 3.00 bits per heavy atom. The van der Waals surface area contributed by atoms with Crippen LogP contribution in [0.3, 0.4) is 0 Å². The molecule has 0 radical (unpaired) electrons. The second-order valence-corrected chi connectivity index (χ2v) is 6.64. The topological polar surface area (TPSA) is 69.3 Å². The van der Waals surface area contributed by atoms with Gasteiger partial charge in [-0.1, -0.05) is 0 Å². The van der Waals surface area contributed by atoms with Gasteiger partial charge in [0.2, 0.25) is 5.91 Å². The smallest absolute Gasteiger partial charge is 0.256 e. The first-order valence-corrected chi connectivity index (χ1v) is 8.08. The SMILES string of the molecule is Cc1nc2c(c(=O)[nH]1)CN(C(=O)CC[C@H]1CCCN(C)C1)C2. The second-order valence-electron chi connectivity index (χ2n) is 6.64. The van der Waals surface area contributed by atoms with Gasteiger partial charge in [-0.3, -0.25) is 9.59 Å². The molecule has 2 aliphatic heterocycles. The fourth-order valence-electron chi connectivity index (χ4n) is 3.56. The third-order valence-corrected chi connectivity index (χ3v) is 4.75. The number of likely N-dealkylation sites (tertiary alicyclic amines) is 1. The molecule has 1 amide bonds. The lowest BCUT2D eigenvalue weighted by molar-refractivity contribution is -0.132. The molecule has 1 aromatic rings. The zero-order chi connectivity index (χ0) is 15.7. The minimum atomic E-state index is -0.105. The van der Waals surface area contributed by atoms with Crippen LogP contribution in [0, 0.1) is 12.8 Å². The van der Waals surface area contributed by atoms with Gasteiger partial charge < -0.3 is 14.8 Å². The molecule has 22 heavy (non-hydrogen) atoms. The molecule has 1 saturated heterocycles. The van der Waals surface area contributed by atoms with E-state index in [0.29, 0.717) is 36.8 Å². The van der Waals surface area contributed by atoms with Gasteiger partial charge in [-0.15, -0.1) is 0 Å². The van der Waals surface area contributed by atoms with Crippen molar-refractivity contribution in [3.8, 4) is 0 Å². The monoisotopic (exact) mass is 304 g/mol. The molecule has 1 aromatic heterocycles. The summed E-state index contributed by atoms with van der Waals surface area (Å²) >= 11 is 0. The van der Waals surface area contributed by atoms with Crippen molar-refractivity contribution in [1.29, 1.82) is 0 Å². The van der Waals surface area contributed by atoms with Gasteiger partial charge in [0.15, 0.2) is 0 Å². The van der Waals surface area contributed by atoms with Crippen molar-refractivity contribution in [2.24, 2.45) is 5.92 Å². The lowest BCUT2D eigenvalue weighted by Gasteiger charge is -2.29. The summed E-state index contributed by atoms with van der Waals surface area (Å²) in [5.41, 5.74) is 1.30. The van der Waals surface area contributed by atoms with Crippen LogP contribution in [0.1, 0.15) is 42.8 Å². The van der Waals surface area contributed by atoms with Crippen LogP contribution >= 0.6 is 0 Å². The fourth-order valence-corrected chi connectivity index (χ4v) is 3.56. The number of fused-ring (bicyclic) bond motifs is 1. The second kappa shape index (κ2) is 6.20. The van der Waals surface area contributed by atoms with Gasteiger partial charge >= 0.3 is 0 Å². The Balaban J connectivity index is 1.56. The molecule has 0 aromatic carbocycles. The van der Waals surface area contributed by atoms with Crippen LogP contribution in [0.25, 0.3) is 0 Å². The van der Waals surface area contributed by atoms with Gasteiger partial charge in [-0.2, -0.15) is 0 Å². The number of rotatable bonds is 3. The number of H-pyrrole nitrogens is 1. The number of nitrogens with zero attached hydrogens (tertiary/aromatic N) is 3. The number of hydrogen-bond donors (Lipinski definition) is 1. The van der Waals surface area contributed by atoms with Gasteiger partial charge in [0.25, 0.3) is 5.56 Å². The largest absolute Gasteiger partial charge is 0.332 e. The van der Waals surface area contributed by atoms with E-state index in [4.69, 9.17) is 0 Å². The molecule has 3 rings (SSSR count). The Kier molecular flexibility index (Phi) is 4.29. The van der Waals surface area contributed by atoms with Crippen LogP contribution < -0.4 is 5.56 Å². The number of carbonyl (C=O) groups is 1. The van der Waals surface area contributed by atoms with Crippen molar-refractivity contribution in [2.75, 3.05) is 20.1 Å². The predicted octanol–water partition coefficient (Wildman–Crippen LogP) is 1.04. The highest BCUT2D eigenvalue weighted by atomic mass is 16.2. The summed E-state index contributed by atoms with van der Waals surface area (Å²) in [7, 11) is 2.14. The van der Waals surface area contributed by atoms with E-state index in [1.807, 2.05) is 0 Å². The first kappa shape index (κ1) is 15.2. The Morgan fingerprint density at radius 1 is 1.41 bits per heavy atom. The number of carbonyl (C=O) groups excluding carboxylic acids is 1. The van der Waals surface area contributed by atoms with E-state index in [1.54, 1.807) is 11.8 Å². The van der Waals surface area contributed by atoms with Crippen LogP contribution in [-0.2, 0) is 17.9 Å². The summed E-state index contributed by atoms with van der Waals surface area (Å²) in [5, 5.41) is 0. The molecule has 1 N–H and O–H groups in total. The molecule has 1 atom stereocenters. The van der Waals surface area contributed by atoms with E-state index < -0.39 is 0 Å². The Morgan fingerprint density at radius 2 is 2.23 bits per heavy atom. The Bertz CT molecular complexity index is 625. The number of aromatic nitrogens is 2. The number of hydrogen-bond acceptors (Lipinski definition) is 4. The highest BCUT2D eigenvalue weighted by Crippen LogP contribution is 2.23. The predicted molar refractivity (Wildman–Crippen MR) is 83.3 cm³/mol. The molecule has 0 bridgehead atoms. The van der Waals surface area contributed by atoms with Gasteiger partial charge in [0.05, 0.1) is 24.3 Å². The normalized spacial score (nSPS) is 21.9. The van der Waals surface area contributed by atoms with Gasteiger partial charge in [0, 0.05) is 13.0 Å². The molecule has 6 nitrogen and oxygen atoms in total. The maximum atomic E-state index is 12.4. The third kappa shape index (κ3) is 3.21. The van der Waals surface area contributed by atoms with E-state index in [9.17, 15) is 9.59 Å². The molecule has 3 heterocycles. The molecule has 1 fully saturated rings. The maximum Gasteiger partial charge on any atom is 0.256 e. The molecular weight excluding hydrogens is 280 g/mol. The summed E-state index contributed by atoms with van der Waals surface area (Å²) in [6.07, 6.45) is 3.96. The number of aryl methyl sites for hydroxylation is 1. The summed E-state index contributed by atoms with van der Waals surface area (Å²) in [6.45, 7) is 4.91. The first-order valence-electron chi connectivity index (χ1n) is 8.08. The highest BCUT2D eigenvalue weighted by molar-refractivity contribution is 5.76. The van der Waals surface area contributed by atoms with Crippen LogP contribution in [-0.4, -0.2) is 45.8 Å². The van der Waals surface area contributed by atoms with Crippen molar-refractivity contribution < 1.29 is 4.79 Å². The molecular formula is C16H24N4O2. The van der Waals surface area contributed by atoms with Gasteiger partial charge in [0.1, 0.15) is 5.82 Å². The van der Waals surface area contributed by atoms with Crippen LogP contribution in [0.4, 0.5) is 0 Å². The average molecular weight is 304 g/mol. The zero-order valence-electron chi connectivity index (χ0n) is 13.4. The Hall–Kier alpha value is -1.69. The molecule has 0 unspecified atom stereocenters. The van der Waals surface area contributed by atoms with E-state index in [0.717, 1.165) is 18.7 Å². The van der Waals surface area contributed by atoms with Crippen molar-refractivity contribution >= 4 is 5.91 Å². The molecule has 2 aliphatic rings. The number of aromatic amines is 1. The quantitative estimate of drug-likeness (QED) is 0.906. The van der Waals surface area contributed by atoms with Crippen LogP contribution in [0.5, 0.6) is 0 Å². The van der Waals surface area contributed by atoms with E-state index >= 15 is 0 Å². The van der Waals surface area contributed by atoms with Crippen LogP contribution in [0.2, 0.25) is 0 Å². The van der Waals surface area contributed by atoms with E-state index in [-0.39, 0.29) is 11.5 Å². The zero-order valence-corrected chi connectivity index (χ0v) is 13.4. The maximum absolute atomic E-state index is 12.4. The first-order chi connectivity index (χ1) is 10.5. The van der Waals surface area contributed by atoms with Crippen molar-refractivity contribution in [2.45, 2.75) is 45.7 Å². The Labute approximate surface area is 130 Å². The summed E-state index contributed by atoms with van der Waals surface area (Å²) in [4.78, 5) is 35.5. The minimum absolute atomic E-state index is 0.105. The summed E-state index contributed by atoms with van der Waals surface area (Å²) in [6, 6.07) is 0. The lowest BCUT2D eigenvalue weighted by Crippen LogP contribution is -2.33. The molecule has 120 valence electrons. The summed E-state index contributed by atoms with van der Waals surface area (Å²) in [5.74, 6) is 1.38. The van der Waals surface area contributed by atoms with E-state index in [2.05, 4.69) is 21.9 Å². The van der Waals surface area contributed by atoms with Gasteiger partial charge in [-0.25, -0.2) is 4.98 Å². The number of nitrogens with one attached hydrogen (secondary N) is 1. The number of piperidine rings is 1. The highest BCUT2D eigenvalue weighted by Gasteiger charge is 2.27. The molecule has 6 heteroatoms. The van der Waals surface area contributed by atoms with Gasteiger partial charge in [-0.05, 0) is 45.7 Å². The fraction of sp³-hybridized carbons (Fsp3) is 0.688. The molecule has 0 spiro atoms. The molecule has 0 saturated carbocycles. The van der Waals surface area contributed by atoms with E-state index in [1.165, 1.54) is 19.4 Å². The van der Waals surface area contributed by atoms with Crippen molar-refractivity contribution in [3.63, 3.8) is 0 Å². The lowest BCUT2D eigenvalue weighted by atomic mass is 9.93. The van der Waals surface area contributed by atoms with Crippen LogP contribution in [0.15, 0.2) is 4.79 Å². The van der Waals surface area contributed by atoms with Crippen molar-refractivity contribution in [3.05, 3.63) is 27.4 Å². The standard InChI is InChI=1S/C16H24N4O2/c1-11-17-14-10-20(9-13(14)16(22)18-11)15(21)6-5-12-4-3-7-19(2)8-12/h12H,3-10H2,1-2H3,(H,17,18,22)/t12-/m1/s1. The number of amides is 1.